The van der Waals surface area contributed by atoms with Crippen molar-refractivity contribution < 1.29 is 9.47 Å². The standard InChI is InChI=1S/C14H23N3O2S.HI/c1-15-14(16-7-8-20-4)17-10-11-5-6-12(18-2)13(9-11)19-3;/h5-6,9H,7-8,10H2,1-4H3,(H2,15,16,17);1H. The first-order chi connectivity index (χ1) is 9.74. The number of ether oxygens (including phenoxy) is 2. The fourth-order valence-electron chi connectivity index (χ4n) is 1.67. The Labute approximate surface area is 148 Å². The highest BCUT2D eigenvalue weighted by Gasteiger charge is 2.05. The van der Waals surface area contributed by atoms with Crippen molar-refractivity contribution in [3.05, 3.63) is 23.8 Å². The molecule has 21 heavy (non-hydrogen) atoms. The molecule has 1 aromatic rings. The van der Waals surface area contributed by atoms with Gasteiger partial charge in [0.1, 0.15) is 0 Å². The van der Waals surface area contributed by atoms with E-state index in [2.05, 4.69) is 21.9 Å². The molecule has 0 aliphatic rings. The van der Waals surface area contributed by atoms with E-state index in [0.29, 0.717) is 6.54 Å². The maximum absolute atomic E-state index is 5.29. The first-order valence-electron chi connectivity index (χ1n) is 6.39. The second-order valence-electron chi connectivity index (χ2n) is 4.03. The molecule has 0 amide bonds. The van der Waals surface area contributed by atoms with Crippen LogP contribution in [0, 0.1) is 0 Å². The van der Waals surface area contributed by atoms with E-state index in [-0.39, 0.29) is 24.0 Å². The normalized spacial score (nSPS) is 10.6. The average Bonchev–Trinajstić information content (AvgIpc) is 2.50. The molecule has 1 aromatic carbocycles. The topological polar surface area (TPSA) is 54.9 Å². The molecule has 0 heterocycles. The minimum atomic E-state index is 0. The van der Waals surface area contributed by atoms with E-state index in [9.17, 15) is 0 Å². The Kier molecular flexibility index (Phi) is 11.3. The number of aliphatic imine (C=N–C) groups is 1. The molecule has 0 bridgehead atoms. The van der Waals surface area contributed by atoms with Gasteiger partial charge >= 0.3 is 0 Å². The van der Waals surface area contributed by atoms with Crippen molar-refractivity contribution in [2.24, 2.45) is 4.99 Å². The number of guanidine groups is 1. The van der Waals surface area contributed by atoms with Crippen LogP contribution in [0.25, 0.3) is 0 Å². The summed E-state index contributed by atoms with van der Waals surface area (Å²) in [6.45, 7) is 1.58. The summed E-state index contributed by atoms with van der Waals surface area (Å²) in [5.74, 6) is 3.32. The summed E-state index contributed by atoms with van der Waals surface area (Å²) in [5, 5.41) is 6.52. The van der Waals surface area contributed by atoms with Crippen molar-refractivity contribution in [2.45, 2.75) is 6.54 Å². The van der Waals surface area contributed by atoms with Gasteiger partial charge in [0, 0.05) is 25.9 Å². The molecule has 0 aliphatic heterocycles. The van der Waals surface area contributed by atoms with Gasteiger partial charge in [-0.25, -0.2) is 0 Å². The quantitative estimate of drug-likeness (QED) is 0.304. The van der Waals surface area contributed by atoms with Gasteiger partial charge in [0.25, 0.3) is 0 Å². The van der Waals surface area contributed by atoms with Crippen LogP contribution in [0.5, 0.6) is 11.5 Å². The highest BCUT2D eigenvalue weighted by molar-refractivity contribution is 14.0. The largest absolute Gasteiger partial charge is 0.493 e. The van der Waals surface area contributed by atoms with Crippen molar-refractivity contribution in [3.63, 3.8) is 0 Å². The maximum Gasteiger partial charge on any atom is 0.191 e. The molecule has 0 unspecified atom stereocenters. The predicted molar refractivity (Wildman–Crippen MR) is 102 cm³/mol. The van der Waals surface area contributed by atoms with Gasteiger partial charge in [0.05, 0.1) is 14.2 Å². The Hall–Kier alpha value is -0.830. The highest BCUT2D eigenvalue weighted by Crippen LogP contribution is 2.27. The van der Waals surface area contributed by atoms with E-state index >= 15 is 0 Å². The van der Waals surface area contributed by atoms with Crippen LogP contribution in [-0.4, -0.2) is 45.8 Å². The minimum absolute atomic E-state index is 0. The van der Waals surface area contributed by atoms with E-state index in [4.69, 9.17) is 9.47 Å². The molecule has 0 saturated carbocycles. The van der Waals surface area contributed by atoms with Gasteiger partial charge in [-0.3, -0.25) is 4.99 Å². The van der Waals surface area contributed by atoms with Gasteiger partial charge in [0.2, 0.25) is 0 Å². The van der Waals surface area contributed by atoms with Gasteiger partial charge in [0.15, 0.2) is 17.5 Å². The van der Waals surface area contributed by atoms with Crippen LogP contribution in [0.4, 0.5) is 0 Å². The number of nitrogens with one attached hydrogen (secondary N) is 2. The summed E-state index contributed by atoms with van der Waals surface area (Å²) in [7, 11) is 5.04. The first kappa shape index (κ1) is 20.2. The molecule has 5 nitrogen and oxygen atoms in total. The van der Waals surface area contributed by atoms with Crippen molar-refractivity contribution in [3.8, 4) is 11.5 Å². The Balaban J connectivity index is 0.00000400. The molecule has 7 heteroatoms. The fraction of sp³-hybridized carbons (Fsp3) is 0.500. The van der Waals surface area contributed by atoms with Crippen molar-refractivity contribution >= 4 is 41.7 Å². The molecule has 0 fully saturated rings. The SMILES string of the molecule is CN=C(NCCSC)NCc1ccc(OC)c(OC)c1.I. The molecule has 1 rings (SSSR count). The Morgan fingerprint density at radius 3 is 2.48 bits per heavy atom. The van der Waals surface area contributed by atoms with Crippen LogP contribution in [-0.2, 0) is 6.54 Å². The lowest BCUT2D eigenvalue weighted by Gasteiger charge is -2.13. The molecular formula is C14H24IN3O2S. The van der Waals surface area contributed by atoms with Crippen molar-refractivity contribution in [1.29, 1.82) is 0 Å². The smallest absolute Gasteiger partial charge is 0.191 e. The molecule has 0 radical (unpaired) electrons. The van der Waals surface area contributed by atoms with E-state index in [0.717, 1.165) is 35.3 Å². The van der Waals surface area contributed by atoms with E-state index in [1.54, 1.807) is 33.0 Å². The molecule has 0 aromatic heterocycles. The Morgan fingerprint density at radius 1 is 1.19 bits per heavy atom. The Morgan fingerprint density at radius 2 is 1.90 bits per heavy atom. The van der Waals surface area contributed by atoms with Crippen LogP contribution in [0.2, 0.25) is 0 Å². The predicted octanol–water partition coefficient (Wildman–Crippen LogP) is 2.35. The zero-order valence-corrected chi connectivity index (χ0v) is 16.1. The second-order valence-corrected chi connectivity index (χ2v) is 5.02. The molecule has 0 spiro atoms. The second kappa shape index (κ2) is 11.8. The number of rotatable bonds is 7. The van der Waals surface area contributed by atoms with Gasteiger partial charge in [-0.1, -0.05) is 6.07 Å². The van der Waals surface area contributed by atoms with Crippen LogP contribution in [0.1, 0.15) is 5.56 Å². The van der Waals surface area contributed by atoms with Crippen LogP contribution in [0.3, 0.4) is 0 Å². The molecule has 2 N–H and O–H groups in total. The van der Waals surface area contributed by atoms with Crippen molar-refractivity contribution in [1.82, 2.24) is 10.6 Å². The highest BCUT2D eigenvalue weighted by atomic mass is 127. The summed E-state index contributed by atoms with van der Waals surface area (Å²) < 4.78 is 10.5. The summed E-state index contributed by atoms with van der Waals surface area (Å²) in [4.78, 5) is 4.18. The number of hydrogen-bond donors (Lipinski definition) is 2. The Bertz CT molecular complexity index is 444. The van der Waals surface area contributed by atoms with E-state index in [1.807, 2.05) is 18.2 Å². The monoisotopic (exact) mass is 425 g/mol. The summed E-state index contributed by atoms with van der Waals surface area (Å²) in [5.41, 5.74) is 1.11. The van der Waals surface area contributed by atoms with E-state index in [1.165, 1.54) is 0 Å². The third-order valence-corrected chi connectivity index (χ3v) is 3.34. The lowest BCUT2D eigenvalue weighted by molar-refractivity contribution is 0.354. The lowest BCUT2D eigenvalue weighted by atomic mass is 10.2. The number of nitrogens with zero attached hydrogens (tertiary/aromatic N) is 1. The number of benzene rings is 1. The zero-order valence-electron chi connectivity index (χ0n) is 12.9. The van der Waals surface area contributed by atoms with E-state index < -0.39 is 0 Å². The van der Waals surface area contributed by atoms with Crippen molar-refractivity contribution in [2.75, 3.05) is 39.8 Å². The third kappa shape index (κ3) is 7.12. The molecule has 0 aliphatic carbocycles. The summed E-state index contributed by atoms with van der Waals surface area (Å²) in [6.07, 6.45) is 2.08. The maximum atomic E-state index is 5.29. The minimum Gasteiger partial charge on any atom is -0.493 e. The molecule has 0 atom stereocenters. The molecule has 0 saturated heterocycles. The number of thioether (sulfide) groups is 1. The van der Waals surface area contributed by atoms with Gasteiger partial charge in [-0.05, 0) is 24.0 Å². The van der Waals surface area contributed by atoms with Gasteiger partial charge in [-0.2, -0.15) is 11.8 Å². The molecular weight excluding hydrogens is 401 g/mol. The van der Waals surface area contributed by atoms with Gasteiger partial charge < -0.3 is 20.1 Å². The summed E-state index contributed by atoms with van der Waals surface area (Å²) >= 11 is 1.80. The average molecular weight is 425 g/mol. The summed E-state index contributed by atoms with van der Waals surface area (Å²) in [6, 6.07) is 5.87. The van der Waals surface area contributed by atoms with Crippen LogP contribution < -0.4 is 20.1 Å². The zero-order chi connectivity index (χ0) is 14.8. The number of halogens is 1. The van der Waals surface area contributed by atoms with Crippen LogP contribution >= 0.6 is 35.7 Å². The third-order valence-electron chi connectivity index (χ3n) is 2.73. The number of hydrogen-bond acceptors (Lipinski definition) is 4. The number of methoxy groups -OCH3 is 2. The fourth-order valence-corrected chi connectivity index (χ4v) is 1.97. The van der Waals surface area contributed by atoms with Crippen LogP contribution in [0.15, 0.2) is 23.2 Å². The molecule has 120 valence electrons. The van der Waals surface area contributed by atoms with Gasteiger partial charge in [-0.15, -0.1) is 24.0 Å². The lowest BCUT2D eigenvalue weighted by Crippen LogP contribution is -2.37. The first-order valence-corrected chi connectivity index (χ1v) is 7.79.